The number of aromatic hydroxyl groups is 1. The summed E-state index contributed by atoms with van der Waals surface area (Å²) >= 11 is 0. The van der Waals surface area contributed by atoms with E-state index in [0.29, 0.717) is 5.75 Å². The van der Waals surface area contributed by atoms with Gasteiger partial charge in [-0.1, -0.05) is 34.1 Å². The highest BCUT2D eigenvalue weighted by Crippen LogP contribution is 2.28. The first-order valence-corrected chi connectivity index (χ1v) is 5.90. The van der Waals surface area contributed by atoms with Crippen molar-refractivity contribution in [2.45, 2.75) is 59.4 Å². The fourth-order valence-corrected chi connectivity index (χ4v) is 1.74. The standard InChI is InChI=1S/C12H22N2O/c1-5-7-8-14-10(6-2)12(15)11(13-14)9(3)4/h9,15H,5-8H2,1-4H3. The van der Waals surface area contributed by atoms with Crippen LogP contribution in [0, 0.1) is 0 Å². The second-order valence-corrected chi connectivity index (χ2v) is 4.27. The molecular formula is C12H22N2O. The summed E-state index contributed by atoms with van der Waals surface area (Å²) in [5.41, 5.74) is 1.81. The van der Waals surface area contributed by atoms with Crippen molar-refractivity contribution in [3.63, 3.8) is 0 Å². The van der Waals surface area contributed by atoms with Crippen LogP contribution >= 0.6 is 0 Å². The molecule has 3 heteroatoms. The molecule has 1 rings (SSSR count). The third kappa shape index (κ3) is 2.52. The van der Waals surface area contributed by atoms with E-state index in [1.165, 1.54) is 0 Å². The van der Waals surface area contributed by atoms with E-state index in [4.69, 9.17) is 0 Å². The maximum Gasteiger partial charge on any atom is 0.160 e. The molecule has 86 valence electrons. The predicted octanol–water partition coefficient (Wildman–Crippen LogP) is 3.07. The van der Waals surface area contributed by atoms with E-state index >= 15 is 0 Å². The summed E-state index contributed by atoms with van der Waals surface area (Å²) in [7, 11) is 0. The largest absolute Gasteiger partial charge is 0.504 e. The molecule has 0 bridgehead atoms. The lowest BCUT2D eigenvalue weighted by molar-refractivity contribution is 0.455. The van der Waals surface area contributed by atoms with Crippen LogP contribution in [0.4, 0.5) is 0 Å². The van der Waals surface area contributed by atoms with Crippen LogP contribution in [-0.4, -0.2) is 14.9 Å². The Bertz CT molecular complexity index is 316. The highest BCUT2D eigenvalue weighted by Gasteiger charge is 2.17. The normalized spacial score (nSPS) is 11.3. The van der Waals surface area contributed by atoms with E-state index in [0.717, 1.165) is 37.2 Å². The van der Waals surface area contributed by atoms with Gasteiger partial charge in [-0.05, 0) is 12.8 Å². The minimum Gasteiger partial charge on any atom is -0.504 e. The van der Waals surface area contributed by atoms with Crippen molar-refractivity contribution in [1.29, 1.82) is 0 Å². The van der Waals surface area contributed by atoms with Gasteiger partial charge in [0.1, 0.15) is 5.69 Å². The van der Waals surface area contributed by atoms with E-state index in [2.05, 4.69) is 32.8 Å². The Hall–Kier alpha value is -0.990. The second-order valence-electron chi connectivity index (χ2n) is 4.27. The monoisotopic (exact) mass is 210 g/mol. The molecule has 1 N–H and O–H groups in total. The van der Waals surface area contributed by atoms with Gasteiger partial charge in [0.2, 0.25) is 0 Å². The average Bonchev–Trinajstić information content (AvgIpc) is 2.52. The van der Waals surface area contributed by atoms with E-state index < -0.39 is 0 Å². The summed E-state index contributed by atoms with van der Waals surface area (Å²) in [6, 6.07) is 0. The Morgan fingerprint density at radius 1 is 1.33 bits per heavy atom. The van der Waals surface area contributed by atoms with Gasteiger partial charge in [-0.25, -0.2) is 0 Å². The highest BCUT2D eigenvalue weighted by molar-refractivity contribution is 5.34. The molecule has 0 unspecified atom stereocenters. The van der Waals surface area contributed by atoms with Crippen molar-refractivity contribution < 1.29 is 5.11 Å². The Labute approximate surface area is 92.1 Å². The third-order valence-electron chi connectivity index (χ3n) is 2.66. The van der Waals surface area contributed by atoms with Crippen molar-refractivity contribution in [2.75, 3.05) is 0 Å². The zero-order valence-electron chi connectivity index (χ0n) is 10.2. The summed E-state index contributed by atoms with van der Waals surface area (Å²) in [5, 5.41) is 14.5. The zero-order valence-corrected chi connectivity index (χ0v) is 10.2. The number of unbranched alkanes of at least 4 members (excludes halogenated alkanes) is 1. The molecule has 15 heavy (non-hydrogen) atoms. The molecule has 0 spiro atoms. The maximum absolute atomic E-state index is 10.00. The van der Waals surface area contributed by atoms with E-state index in [-0.39, 0.29) is 5.92 Å². The summed E-state index contributed by atoms with van der Waals surface area (Å²) in [6.07, 6.45) is 3.11. The van der Waals surface area contributed by atoms with Gasteiger partial charge in [0, 0.05) is 12.5 Å². The molecule has 0 atom stereocenters. The van der Waals surface area contributed by atoms with Gasteiger partial charge in [-0.3, -0.25) is 4.68 Å². The van der Waals surface area contributed by atoms with Crippen molar-refractivity contribution >= 4 is 0 Å². The summed E-state index contributed by atoms with van der Waals surface area (Å²) < 4.78 is 1.97. The van der Waals surface area contributed by atoms with Gasteiger partial charge in [0.15, 0.2) is 5.75 Å². The molecule has 0 aromatic carbocycles. The zero-order chi connectivity index (χ0) is 11.4. The molecule has 3 nitrogen and oxygen atoms in total. The van der Waals surface area contributed by atoms with Gasteiger partial charge < -0.3 is 5.11 Å². The van der Waals surface area contributed by atoms with Crippen molar-refractivity contribution in [3.8, 4) is 5.75 Å². The summed E-state index contributed by atoms with van der Waals surface area (Å²) in [4.78, 5) is 0. The number of aryl methyl sites for hydroxylation is 1. The molecule has 0 fully saturated rings. The van der Waals surface area contributed by atoms with Crippen LogP contribution in [0.25, 0.3) is 0 Å². The SMILES string of the molecule is CCCCn1nc(C(C)C)c(O)c1CC. The minimum absolute atomic E-state index is 0.290. The quantitative estimate of drug-likeness (QED) is 0.811. The predicted molar refractivity (Wildman–Crippen MR) is 62.3 cm³/mol. The van der Waals surface area contributed by atoms with Crippen molar-refractivity contribution in [1.82, 2.24) is 9.78 Å². The lowest BCUT2D eigenvalue weighted by atomic mass is 10.1. The van der Waals surface area contributed by atoms with Gasteiger partial charge in [-0.2, -0.15) is 5.10 Å². The molecular weight excluding hydrogens is 188 g/mol. The Kier molecular flexibility index (Phi) is 4.18. The smallest absolute Gasteiger partial charge is 0.160 e. The fourth-order valence-electron chi connectivity index (χ4n) is 1.74. The van der Waals surface area contributed by atoms with Gasteiger partial charge in [0.25, 0.3) is 0 Å². The summed E-state index contributed by atoms with van der Waals surface area (Å²) in [5.74, 6) is 0.696. The van der Waals surface area contributed by atoms with Crippen LogP contribution in [-0.2, 0) is 13.0 Å². The first-order valence-electron chi connectivity index (χ1n) is 5.90. The van der Waals surface area contributed by atoms with Gasteiger partial charge >= 0.3 is 0 Å². The number of nitrogens with zero attached hydrogens (tertiary/aromatic N) is 2. The first kappa shape index (κ1) is 12.1. The average molecular weight is 210 g/mol. The van der Waals surface area contributed by atoms with Crippen LogP contribution in [0.3, 0.4) is 0 Å². The molecule has 0 aliphatic heterocycles. The molecule has 0 amide bonds. The lowest BCUT2D eigenvalue weighted by Gasteiger charge is -2.03. The number of rotatable bonds is 5. The van der Waals surface area contributed by atoms with Crippen LogP contribution < -0.4 is 0 Å². The molecule has 1 aromatic rings. The van der Waals surface area contributed by atoms with Crippen LogP contribution in [0.5, 0.6) is 5.75 Å². The number of hydrogen-bond acceptors (Lipinski definition) is 2. The Balaban J connectivity index is 2.99. The van der Waals surface area contributed by atoms with E-state index in [9.17, 15) is 5.11 Å². The molecule has 1 heterocycles. The molecule has 1 aromatic heterocycles. The molecule has 0 saturated carbocycles. The fraction of sp³-hybridized carbons (Fsp3) is 0.750. The first-order chi connectivity index (χ1) is 7.11. The van der Waals surface area contributed by atoms with Crippen LogP contribution in [0.15, 0.2) is 0 Å². The molecule has 0 saturated heterocycles. The molecule has 0 radical (unpaired) electrons. The molecule has 0 aliphatic carbocycles. The summed E-state index contributed by atoms with van der Waals surface area (Å²) in [6.45, 7) is 9.26. The van der Waals surface area contributed by atoms with E-state index in [1.54, 1.807) is 0 Å². The number of hydrogen-bond donors (Lipinski definition) is 1. The van der Waals surface area contributed by atoms with Crippen LogP contribution in [0.1, 0.15) is 57.8 Å². The Morgan fingerprint density at radius 2 is 2.00 bits per heavy atom. The van der Waals surface area contributed by atoms with Gasteiger partial charge in [-0.15, -0.1) is 0 Å². The number of aromatic nitrogens is 2. The highest BCUT2D eigenvalue weighted by atomic mass is 16.3. The topological polar surface area (TPSA) is 38.0 Å². The van der Waals surface area contributed by atoms with Gasteiger partial charge in [0.05, 0.1) is 5.69 Å². The Morgan fingerprint density at radius 3 is 2.47 bits per heavy atom. The third-order valence-corrected chi connectivity index (χ3v) is 2.66. The molecule has 0 aliphatic rings. The minimum atomic E-state index is 0.290. The second kappa shape index (κ2) is 5.19. The van der Waals surface area contributed by atoms with E-state index in [1.807, 2.05) is 4.68 Å². The van der Waals surface area contributed by atoms with Crippen molar-refractivity contribution in [3.05, 3.63) is 11.4 Å². The van der Waals surface area contributed by atoms with Crippen molar-refractivity contribution in [2.24, 2.45) is 0 Å². The van der Waals surface area contributed by atoms with Crippen LogP contribution in [0.2, 0.25) is 0 Å². The maximum atomic E-state index is 10.00. The lowest BCUT2D eigenvalue weighted by Crippen LogP contribution is -2.04.